The third-order valence-corrected chi connectivity index (χ3v) is 4.01. The van der Waals surface area contributed by atoms with E-state index in [1.165, 1.54) is 12.1 Å². The van der Waals surface area contributed by atoms with Gasteiger partial charge in [-0.1, -0.05) is 12.1 Å². The first-order valence-corrected chi connectivity index (χ1v) is 7.79. The summed E-state index contributed by atoms with van der Waals surface area (Å²) in [6.45, 7) is 6.10. The van der Waals surface area contributed by atoms with Crippen molar-refractivity contribution in [3.63, 3.8) is 0 Å². The Morgan fingerprint density at radius 2 is 2.09 bits per heavy atom. The molecule has 0 saturated carbocycles. The summed E-state index contributed by atoms with van der Waals surface area (Å²) in [5, 5.41) is 19.2. The van der Waals surface area contributed by atoms with Crippen LogP contribution in [-0.4, -0.2) is 46.5 Å². The quantitative estimate of drug-likeness (QED) is 0.896. The number of phenols is 1. The van der Waals surface area contributed by atoms with Crippen LogP contribution < -0.4 is 0 Å². The number of aliphatic hydroxyl groups excluding tert-OH is 1. The number of carbonyl (C=O) groups excluding carboxylic acids is 1. The molecule has 2 atom stereocenters. The first kappa shape index (κ1) is 17.5. The lowest BCUT2D eigenvalue weighted by Gasteiger charge is -2.24. The van der Waals surface area contributed by atoms with E-state index in [0.29, 0.717) is 25.1 Å². The standard InChI is InChI=1S/C17H24FNO4/c1-17(2,3)23-16(22)19-9-11(7-8-20)13(10-19)12-5-4-6-14(18)15(12)21/h4-6,11,13,20-21H,7-10H2,1-3H3/t11-,13-/m1/s1. The molecule has 1 aliphatic rings. The number of hydrogen-bond donors (Lipinski definition) is 2. The van der Waals surface area contributed by atoms with Gasteiger partial charge in [-0.3, -0.25) is 0 Å². The molecule has 0 spiro atoms. The molecule has 5 nitrogen and oxygen atoms in total. The zero-order chi connectivity index (χ0) is 17.2. The average molecular weight is 325 g/mol. The molecule has 2 rings (SSSR count). The Bertz CT molecular complexity index is 570. The fourth-order valence-corrected chi connectivity index (χ4v) is 2.99. The minimum atomic E-state index is -0.680. The van der Waals surface area contributed by atoms with E-state index in [9.17, 15) is 19.4 Å². The van der Waals surface area contributed by atoms with E-state index < -0.39 is 17.5 Å². The molecular weight excluding hydrogens is 301 g/mol. The number of benzene rings is 1. The molecule has 1 amide bonds. The lowest BCUT2D eigenvalue weighted by atomic mass is 9.86. The van der Waals surface area contributed by atoms with Gasteiger partial charge in [-0.2, -0.15) is 0 Å². The number of aromatic hydroxyl groups is 1. The van der Waals surface area contributed by atoms with Gasteiger partial charge < -0.3 is 19.8 Å². The van der Waals surface area contributed by atoms with Gasteiger partial charge in [0.25, 0.3) is 0 Å². The summed E-state index contributed by atoms with van der Waals surface area (Å²) < 4.78 is 19.0. The number of ether oxygens (including phenoxy) is 1. The highest BCUT2D eigenvalue weighted by Gasteiger charge is 2.38. The zero-order valence-corrected chi connectivity index (χ0v) is 13.8. The van der Waals surface area contributed by atoms with Crippen molar-refractivity contribution in [2.24, 2.45) is 5.92 Å². The van der Waals surface area contributed by atoms with Gasteiger partial charge >= 0.3 is 6.09 Å². The molecule has 0 unspecified atom stereocenters. The largest absolute Gasteiger partial charge is 0.505 e. The number of halogens is 1. The lowest BCUT2D eigenvalue weighted by Crippen LogP contribution is -2.35. The van der Waals surface area contributed by atoms with Gasteiger partial charge in [0.05, 0.1) is 0 Å². The van der Waals surface area contributed by atoms with Crippen LogP contribution in [0.3, 0.4) is 0 Å². The molecule has 1 aromatic carbocycles. The van der Waals surface area contributed by atoms with Crippen LogP contribution in [0.15, 0.2) is 18.2 Å². The van der Waals surface area contributed by atoms with Gasteiger partial charge in [0, 0.05) is 31.2 Å². The molecule has 23 heavy (non-hydrogen) atoms. The number of phenolic OH excluding ortho intramolecular Hbond substituents is 1. The van der Waals surface area contributed by atoms with Crippen LogP contribution in [-0.2, 0) is 4.74 Å². The van der Waals surface area contributed by atoms with Crippen LogP contribution in [0.4, 0.5) is 9.18 Å². The minimum absolute atomic E-state index is 0.0284. The molecule has 1 heterocycles. The van der Waals surface area contributed by atoms with Crippen LogP contribution in [0.25, 0.3) is 0 Å². The Morgan fingerprint density at radius 1 is 1.39 bits per heavy atom. The van der Waals surface area contributed by atoms with E-state index in [1.54, 1.807) is 31.7 Å². The maximum absolute atomic E-state index is 13.6. The lowest BCUT2D eigenvalue weighted by molar-refractivity contribution is 0.0284. The SMILES string of the molecule is CC(C)(C)OC(=O)N1C[C@@H](CCO)[C@H](c2cccc(F)c2O)C1. The topological polar surface area (TPSA) is 70.0 Å². The van der Waals surface area contributed by atoms with Crippen molar-refractivity contribution in [2.75, 3.05) is 19.7 Å². The predicted octanol–water partition coefficient (Wildman–Crippen LogP) is 2.86. The second-order valence-electron chi connectivity index (χ2n) is 6.94. The van der Waals surface area contributed by atoms with Gasteiger partial charge in [-0.05, 0) is 39.2 Å². The molecule has 128 valence electrons. The molecule has 1 aromatic rings. The monoisotopic (exact) mass is 325 g/mol. The Labute approximate surface area is 135 Å². The first-order chi connectivity index (χ1) is 10.7. The van der Waals surface area contributed by atoms with Gasteiger partial charge in [0.15, 0.2) is 11.6 Å². The number of hydrogen-bond acceptors (Lipinski definition) is 4. The Kier molecular flexibility index (Phi) is 5.14. The molecule has 0 bridgehead atoms. The van der Waals surface area contributed by atoms with Crippen molar-refractivity contribution >= 4 is 6.09 Å². The van der Waals surface area contributed by atoms with Crippen LogP contribution in [0.2, 0.25) is 0 Å². The van der Waals surface area contributed by atoms with E-state index in [4.69, 9.17) is 4.74 Å². The Hall–Kier alpha value is -1.82. The molecule has 0 radical (unpaired) electrons. The normalized spacial score (nSPS) is 21.5. The van der Waals surface area contributed by atoms with E-state index in [1.807, 2.05) is 0 Å². The number of aliphatic hydroxyl groups is 1. The molecule has 0 aromatic heterocycles. The second kappa shape index (κ2) is 6.74. The summed E-state index contributed by atoms with van der Waals surface area (Å²) in [5.41, 5.74) is -0.127. The predicted molar refractivity (Wildman–Crippen MR) is 83.8 cm³/mol. The number of amides is 1. The van der Waals surface area contributed by atoms with Crippen LogP contribution in [0.1, 0.15) is 38.7 Å². The molecule has 6 heteroatoms. The first-order valence-electron chi connectivity index (χ1n) is 7.79. The molecule has 1 saturated heterocycles. The molecular formula is C17H24FNO4. The fourth-order valence-electron chi connectivity index (χ4n) is 2.99. The number of rotatable bonds is 3. The van der Waals surface area contributed by atoms with Crippen molar-refractivity contribution in [1.82, 2.24) is 4.90 Å². The van der Waals surface area contributed by atoms with Gasteiger partial charge in [0.2, 0.25) is 0 Å². The van der Waals surface area contributed by atoms with Gasteiger partial charge in [-0.25, -0.2) is 9.18 Å². The molecule has 0 aliphatic carbocycles. The summed E-state index contributed by atoms with van der Waals surface area (Å²) in [4.78, 5) is 13.8. The summed E-state index contributed by atoms with van der Waals surface area (Å²) in [5.74, 6) is -1.35. The maximum Gasteiger partial charge on any atom is 0.410 e. The van der Waals surface area contributed by atoms with E-state index in [-0.39, 0.29) is 24.2 Å². The van der Waals surface area contributed by atoms with Crippen LogP contribution in [0.5, 0.6) is 5.75 Å². The van der Waals surface area contributed by atoms with Crippen LogP contribution >= 0.6 is 0 Å². The van der Waals surface area contributed by atoms with Crippen molar-refractivity contribution in [3.05, 3.63) is 29.6 Å². The molecule has 2 N–H and O–H groups in total. The van der Waals surface area contributed by atoms with Crippen molar-refractivity contribution < 1.29 is 24.1 Å². The second-order valence-corrected chi connectivity index (χ2v) is 6.94. The summed E-state index contributed by atoms with van der Waals surface area (Å²) in [7, 11) is 0. The smallest absolute Gasteiger partial charge is 0.410 e. The highest BCUT2D eigenvalue weighted by molar-refractivity contribution is 5.69. The number of likely N-dealkylation sites (tertiary alicyclic amines) is 1. The molecule has 1 fully saturated rings. The number of nitrogens with zero attached hydrogens (tertiary/aromatic N) is 1. The van der Waals surface area contributed by atoms with Crippen molar-refractivity contribution in [2.45, 2.75) is 38.7 Å². The third kappa shape index (κ3) is 4.13. The summed E-state index contributed by atoms with van der Waals surface area (Å²) in [6, 6.07) is 4.39. The molecule has 1 aliphatic heterocycles. The fraction of sp³-hybridized carbons (Fsp3) is 0.588. The van der Waals surface area contributed by atoms with Gasteiger partial charge in [-0.15, -0.1) is 0 Å². The highest BCUT2D eigenvalue weighted by Crippen LogP contribution is 2.39. The van der Waals surface area contributed by atoms with Crippen molar-refractivity contribution in [3.8, 4) is 5.75 Å². The summed E-state index contributed by atoms with van der Waals surface area (Å²) >= 11 is 0. The number of carbonyl (C=O) groups is 1. The number of para-hydroxylation sites is 1. The zero-order valence-electron chi connectivity index (χ0n) is 13.8. The minimum Gasteiger partial charge on any atom is -0.505 e. The van der Waals surface area contributed by atoms with Crippen LogP contribution in [0, 0.1) is 11.7 Å². The Morgan fingerprint density at radius 3 is 2.70 bits per heavy atom. The van der Waals surface area contributed by atoms with Gasteiger partial charge in [0.1, 0.15) is 5.60 Å². The van der Waals surface area contributed by atoms with E-state index in [2.05, 4.69) is 0 Å². The highest BCUT2D eigenvalue weighted by atomic mass is 19.1. The van der Waals surface area contributed by atoms with E-state index in [0.717, 1.165) is 0 Å². The third-order valence-electron chi connectivity index (χ3n) is 4.01. The Balaban J connectivity index is 2.21. The average Bonchev–Trinajstić information content (AvgIpc) is 2.84. The van der Waals surface area contributed by atoms with E-state index >= 15 is 0 Å². The summed E-state index contributed by atoms with van der Waals surface area (Å²) in [6.07, 6.45) is 0.0405. The maximum atomic E-state index is 13.6. The van der Waals surface area contributed by atoms with Crippen molar-refractivity contribution in [1.29, 1.82) is 0 Å².